The van der Waals surface area contributed by atoms with Gasteiger partial charge in [0.2, 0.25) is 0 Å². The van der Waals surface area contributed by atoms with E-state index in [9.17, 15) is 14.9 Å². The van der Waals surface area contributed by atoms with E-state index < -0.39 is 10.8 Å². The van der Waals surface area contributed by atoms with E-state index in [4.69, 9.17) is 4.74 Å². The molecule has 120 valence electrons. The van der Waals surface area contributed by atoms with Crippen LogP contribution in [-0.4, -0.2) is 15.8 Å². The molecule has 7 nitrogen and oxygen atoms in total. The minimum Gasteiger partial charge on any atom is -0.457 e. The second-order valence-corrected chi connectivity index (χ2v) is 5.67. The van der Waals surface area contributed by atoms with E-state index in [0.29, 0.717) is 17.1 Å². The Bertz CT molecular complexity index is 880. The Hall–Kier alpha value is -3.26. The number of hydrogen-bond donors (Lipinski definition) is 1. The Labute approximate surface area is 140 Å². The number of nitrogens with one attached hydrogen (secondary N) is 1. The lowest BCUT2D eigenvalue weighted by Gasteiger charge is -2.07. The van der Waals surface area contributed by atoms with Gasteiger partial charge in [-0.2, -0.15) is 0 Å². The van der Waals surface area contributed by atoms with Crippen LogP contribution in [0, 0.1) is 10.1 Å². The zero-order chi connectivity index (χ0) is 16.9. The Morgan fingerprint density at radius 2 is 1.88 bits per heavy atom. The van der Waals surface area contributed by atoms with Gasteiger partial charge in [-0.1, -0.05) is 24.3 Å². The zero-order valence-electron chi connectivity index (χ0n) is 12.2. The molecule has 1 N–H and O–H groups in total. The minimum absolute atomic E-state index is 0.133. The molecule has 0 aliphatic carbocycles. The highest BCUT2D eigenvalue weighted by molar-refractivity contribution is 7.18. The third-order valence-corrected chi connectivity index (χ3v) is 3.83. The Balaban J connectivity index is 1.73. The monoisotopic (exact) mass is 341 g/mol. The number of thiazole rings is 1. The fraction of sp³-hybridized carbons (Fsp3) is 0. The number of carbonyl (C=O) groups excluding carboxylic acids is 1. The number of nitro groups is 1. The highest BCUT2D eigenvalue weighted by atomic mass is 32.1. The van der Waals surface area contributed by atoms with Crippen molar-refractivity contribution in [3.63, 3.8) is 0 Å². The van der Waals surface area contributed by atoms with Crippen LogP contribution in [0.15, 0.2) is 60.8 Å². The van der Waals surface area contributed by atoms with Crippen LogP contribution < -0.4 is 10.1 Å². The van der Waals surface area contributed by atoms with Crippen molar-refractivity contribution in [1.29, 1.82) is 0 Å². The third-order valence-electron chi connectivity index (χ3n) is 2.97. The molecule has 0 unspecified atom stereocenters. The molecule has 0 bridgehead atoms. The first-order valence-corrected chi connectivity index (χ1v) is 7.68. The van der Waals surface area contributed by atoms with Crippen LogP contribution in [0.25, 0.3) is 0 Å². The summed E-state index contributed by atoms with van der Waals surface area (Å²) in [4.78, 5) is 26.1. The van der Waals surface area contributed by atoms with Crippen molar-refractivity contribution >= 4 is 27.4 Å². The van der Waals surface area contributed by atoms with Crippen molar-refractivity contribution in [3.8, 4) is 11.5 Å². The van der Waals surface area contributed by atoms with Crippen LogP contribution in [0.4, 0.5) is 10.1 Å². The first-order valence-electron chi connectivity index (χ1n) is 6.86. The molecule has 2 aromatic carbocycles. The maximum atomic E-state index is 12.2. The molecular weight excluding hydrogens is 330 g/mol. The molecule has 1 amide bonds. The van der Waals surface area contributed by atoms with Gasteiger partial charge in [0, 0.05) is 5.56 Å². The van der Waals surface area contributed by atoms with Crippen molar-refractivity contribution < 1.29 is 14.5 Å². The van der Waals surface area contributed by atoms with Crippen molar-refractivity contribution in [3.05, 3.63) is 76.5 Å². The Kier molecular flexibility index (Phi) is 4.48. The normalized spacial score (nSPS) is 10.2. The summed E-state index contributed by atoms with van der Waals surface area (Å²) in [6.45, 7) is 0. The van der Waals surface area contributed by atoms with E-state index in [-0.39, 0.29) is 10.1 Å². The van der Waals surface area contributed by atoms with Crippen LogP contribution in [0.3, 0.4) is 0 Å². The molecule has 8 heteroatoms. The molecule has 1 heterocycles. The van der Waals surface area contributed by atoms with Gasteiger partial charge >= 0.3 is 5.00 Å². The largest absolute Gasteiger partial charge is 0.457 e. The van der Waals surface area contributed by atoms with Gasteiger partial charge in [-0.05, 0) is 41.7 Å². The lowest BCUT2D eigenvalue weighted by molar-refractivity contribution is -0.380. The number of aromatic nitrogens is 1. The molecule has 3 rings (SSSR count). The molecule has 24 heavy (non-hydrogen) atoms. The minimum atomic E-state index is -0.554. The van der Waals surface area contributed by atoms with Crippen LogP contribution >= 0.6 is 11.3 Å². The summed E-state index contributed by atoms with van der Waals surface area (Å²) >= 11 is 0.797. The van der Waals surface area contributed by atoms with E-state index in [0.717, 1.165) is 17.5 Å². The predicted molar refractivity (Wildman–Crippen MR) is 89.7 cm³/mol. The number of para-hydroxylation sites is 1. The average Bonchev–Trinajstić information content (AvgIpc) is 3.05. The number of hydrogen-bond acceptors (Lipinski definition) is 6. The van der Waals surface area contributed by atoms with Crippen LogP contribution in [0.2, 0.25) is 0 Å². The molecule has 0 fully saturated rings. The molecule has 0 saturated heterocycles. The number of carbonyl (C=O) groups is 1. The predicted octanol–water partition coefficient (Wildman–Crippen LogP) is 4.10. The van der Waals surface area contributed by atoms with E-state index in [1.807, 2.05) is 18.2 Å². The molecule has 0 atom stereocenters. The van der Waals surface area contributed by atoms with Gasteiger partial charge in [0.05, 0.1) is 4.92 Å². The van der Waals surface area contributed by atoms with Crippen molar-refractivity contribution in [1.82, 2.24) is 4.98 Å². The highest BCUT2D eigenvalue weighted by Gasteiger charge is 2.14. The number of rotatable bonds is 5. The van der Waals surface area contributed by atoms with Crippen molar-refractivity contribution in [2.75, 3.05) is 5.32 Å². The molecule has 0 spiro atoms. The molecule has 0 aliphatic rings. The summed E-state index contributed by atoms with van der Waals surface area (Å²) in [7, 11) is 0. The van der Waals surface area contributed by atoms with Gasteiger partial charge in [-0.3, -0.25) is 20.2 Å². The lowest BCUT2D eigenvalue weighted by atomic mass is 10.2. The molecule has 3 aromatic rings. The maximum Gasteiger partial charge on any atom is 0.345 e. The SMILES string of the molecule is O=C(Nc1ncc([N+](=O)[O-])s1)c1cccc(Oc2ccccc2)c1. The standard InChI is InChI=1S/C16H11N3O4S/c20-15(18-16-17-10-14(24-16)19(21)22)11-5-4-8-13(9-11)23-12-6-2-1-3-7-12/h1-10H,(H,17,18,20). The van der Waals surface area contributed by atoms with Crippen molar-refractivity contribution in [2.45, 2.75) is 0 Å². The molecule has 1 aromatic heterocycles. The van der Waals surface area contributed by atoms with E-state index >= 15 is 0 Å². The highest BCUT2D eigenvalue weighted by Crippen LogP contribution is 2.26. The molecule has 0 radical (unpaired) electrons. The fourth-order valence-corrected chi connectivity index (χ4v) is 2.53. The fourth-order valence-electron chi connectivity index (χ4n) is 1.90. The van der Waals surface area contributed by atoms with E-state index in [1.54, 1.807) is 36.4 Å². The van der Waals surface area contributed by atoms with Gasteiger partial charge in [0.15, 0.2) is 5.13 Å². The Morgan fingerprint density at radius 3 is 2.58 bits per heavy atom. The molecule has 0 saturated carbocycles. The lowest BCUT2D eigenvalue weighted by Crippen LogP contribution is -2.11. The summed E-state index contributed by atoms with van der Waals surface area (Å²) in [6, 6.07) is 15.8. The van der Waals surface area contributed by atoms with Gasteiger partial charge in [-0.15, -0.1) is 0 Å². The number of benzene rings is 2. The zero-order valence-corrected chi connectivity index (χ0v) is 13.0. The van der Waals surface area contributed by atoms with Gasteiger partial charge < -0.3 is 4.74 Å². The second-order valence-electron chi connectivity index (χ2n) is 4.66. The molecular formula is C16H11N3O4S. The Morgan fingerprint density at radius 1 is 1.12 bits per heavy atom. The number of amides is 1. The average molecular weight is 341 g/mol. The first-order chi connectivity index (χ1) is 11.6. The van der Waals surface area contributed by atoms with E-state index in [1.165, 1.54) is 0 Å². The topological polar surface area (TPSA) is 94.4 Å². The quantitative estimate of drug-likeness (QED) is 0.557. The van der Waals surface area contributed by atoms with Crippen molar-refractivity contribution in [2.24, 2.45) is 0 Å². The smallest absolute Gasteiger partial charge is 0.345 e. The third kappa shape index (κ3) is 3.73. The summed E-state index contributed by atoms with van der Waals surface area (Å²) in [5.74, 6) is 0.752. The van der Waals surface area contributed by atoms with Gasteiger partial charge in [0.1, 0.15) is 17.7 Å². The number of nitrogens with zero attached hydrogens (tertiary/aromatic N) is 2. The van der Waals surface area contributed by atoms with Crippen LogP contribution in [-0.2, 0) is 0 Å². The molecule has 0 aliphatic heterocycles. The number of ether oxygens (including phenoxy) is 1. The summed E-state index contributed by atoms with van der Waals surface area (Å²) in [6.07, 6.45) is 1.11. The number of anilines is 1. The summed E-state index contributed by atoms with van der Waals surface area (Å²) < 4.78 is 5.67. The second kappa shape index (κ2) is 6.88. The van der Waals surface area contributed by atoms with E-state index in [2.05, 4.69) is 10.3 Å². The maximum absolute atomic E-state index is 12.2. The van der Waals surface area contributed by atoms with Gasteiger partial charge in [0.25, 0.3) is 5.91 Å². The van der Waals surface area contributed by atoms with Crippen LogP contribution in [0.1, 0.15) is 10.4 Å². The van der Waals surface area contributed by atoms with Crippen LogP contribution in [0.5, 0.6) is 11.5 Å². The van der Waals surface area contributed by atoms with Gasteiger partial charge in [-0.25, -0.2) is 4.98 Å². The summed E-state index contributed by atoms with van der Waals surface area (Å²) in [5, 5.41) is 13.2. The summed E-state index contributed by atoms with van der Waals surface area (Å²) in [5.41, 5.74) is 0.362. The first kappa shape index (κ1) is 15.6.